The minimum absolute atomic E-state index is 0.271. The highest BCUT2D eigenvalue weighted by Gasteiger charge is 2.12. The second kappa shape index (κ2) is 9.28. The van der Waals surface area contributed by atoms with Crippen molar-refractivity contribution in [3.63, 3.8) is 0 Å². The highest BCUT2D eigenvalue weighted by atomic mass is 35.5. The summed E-state index contributed by atoms with van der Waals surface area (Å²) in [5.41, 5.74) is 2.80. The Hall–Kier alpha value is -2.72. The molecule has 27 heavy (non-hydrogen) atoms. The van der Waals surface area contributed by atoms with Crippen LogP contribution in [-0.4, -0.2) is 6.61 Å². The molecule has 5 heteroatoms. The molecular weight excluding hydrogens is 365 g/mol. The maximum Gasteiger partial charge on any atom is 0.163 e. The van der Waals surface area contributed by atoms with Crippen LogP contribution in [0.5, 0.6) is 11.5 Å². The molecule has 0 saturated heterocycles. The number of rotatable bonds is 8. The Morgan fingerprint density at radius 3 is 2.33 bits per heavy atom. The molecule has 0 amide bonds. The molecule has 0 aromatic heterocycles. The first-order chi connectivity index (χ1) is 13.2. The summed E-state index contributed by atoms with van der Waals surface area (Å²) in [6.45, 7) is 3.31. The normalized spacial score (nSPS) is 10.5. The van der Waals surface area contributed by atoms with Gasteiger partial charge in [0.1, 0.15) is 12.4 Å². The first-order valence-corrected chi connectivity index (χ1v) is 9.15. The van der Waals surface area contributed by atoms with E-state index in [1.54, 1.807) is 18.2 Å². The third-order valence-electron chi connectivity index (χ3n) is 3.98. The molecule has 0 atom stereocenters. The molecule has 0 bridgehead atoms. The Bertz CT molecular complexity index is 869. The number of para-hydroxylation sites is 1. The Morgan fingerprint density at radius 1 is 0.926 bits per heavy atom. The van der Waals surface area contributed by atoms with E-state index in [2.05, 4.69) is 5.32 Å². The van der Waals surface area contributed by atoms with Crippen molar-refractivity contribution in [2.24, 2.45) is 0 Å². The van der Waals surface area contributed by atoms with Gasteiger partial charge in [0, 0.05) is 23.3 Å². The highest BCUT2D eigenvalue weighted by Crippen LogP contribution is 2.34. The lowest BCUT2D eigenvalue weighted by molar-refractivity contribution is 0.269. The van der Waals surface area contributed by atoms with Crippen LogP contribution < -0.4 is 14.8 Å². The summed E-state index contributed by atoms with van der Waals surface area (Å²) >= 11 is 6.45. The lowest BCUT2D eigenvalue weighted by Gasteiger charge is -2.16. The average Bonchev–Trinajstić information content (AvgIpc) is 2.69. The zero-order valence-electron chi connectivity index (χ0n) is 15.0. The monoisotopic (exact) mass is 385 g/mol. The van der Waals surface area contributed by atoms with Crippen molar-refractivity contribution in [1.82, 2.24) is 0 Å². The summed E-state index contributed by atoms with van der Waals surface area (Å²) in [4.78, 5) is 0. The van der Waals surface area contributed by atoms with Gasteiger partial charge in [0.05, 0.1) is 6.61 Å². The van der Waals surface area contributed by atoms with E-state index in [4.69, 9.17) is 21.1 Å². The van der Waals surface area contributed by atoms with E-state index in [1.807, 2.05) is 43.3 Å². The fraction of sp³-hybridized carbons (Fsp3) is 0.182. The molecule has 0 radical (unpaired) electrons. The van der Waals surface area contributed by atoms with Crippen LogP contribution in [0.2, 0.25) is 5.02 Å². The van der Waals surface area contributed by atoms with E-state index >= 15 is 0 Å². The van der Waals surface area contributed by atoms with Gasteiger partial charge in [-0.25, -0.2) is 4.39 Å². The van der Waals surface area contributed by atoms with Crippen molar-refractivity contribution < 1.29 is 13.9 Å². The lowest BCUT2D eigenvalue weighted by Crippen LogP contribution is -2.04. The topological polar surface area (TPSA) is 30.5 Å². The molecule has 0 spiro atoms. The van der Waals surface area contributed by atoms with Crippen molar-refractivity contribution in [3.05, 3.63) is 88.7 Å². The second-order valence-electron chi connectivity index (χ2n) is 5.96. The maximum absolute atomic E-state index is 13.0. The molecule has 0 aliphatic rings. The highest BCUT2D eigenvalue weighted by molar-refractivity contribution is 6.31. The Balaban J connectivity index is 1.73. The van der Waals surface area contributed by atoms with Crippen molar-refractivity contribution in [2.45, 2.75) is 20.1 Å². The molecule has 1 N–H and O–H groups in total. The number of hydrogen-bond acceptors (Lipinski definition) is 3. The van der Waals surface area contributed by atoms with Gasteiger partial charge in [0.2, 0.25) is 0 Å². The fourth-order valence-electron chi connectivity index (χ4n) is 2.59. The number of halogens is 2. The first kappa shape index (κ1) is 19.1. The van der Waals surface area contributed by atoms with Crippen LogP contribution in [0.1, 0.15) is 18.1 Å². The van der Waals surface area contributed by atoms with E-state index in [-0.39, 0.29) is 5.82 Å². The second-order valence-corrected chi connectivity index (χ2v) is 6.37. The van der Waals surface area contributed by atoms with Gasteiger partial charge in [-0.05, 0) is 48.4 Å². The largest absolute Gasteiger partial charge is 0.490 e. The van der Waals surface area contributed by atoms with Crippen LogP contribution in [0.4, 0.5) is 10.1 Å². The number of anilines is 1. The predicted molar refractivity (Wildman–Crippen MR) is 107 cm³/mol. The molecule has 3 aromatic rings. The SMILES string of the molecule is CCOc1cc(CNc2ccccc2)c(Cl)cc1OCc1ccc(F)cc1. The van der Waals surface area contributed by atoms with Crippen LogP contribution in [-0.2, 0) is 13.2 Å². The van der Waals surface area contributed by atoms with Crippen molar-refractivity contribution >= 4 is 17.3 Å². The predicted octanol–water partition coefficient (Wildman–Crippen LogP) is 6.07. The van der Waals surface area contributed by atoms with Crippen LogP contribution in [0, 0.1) is 5.82 Å². The van der Waals surface area contributed by atoms with E-state index in [1.165, 1.54) is 12.1 Å². The summed E-state index contributed by atoms with van der Waals surface area (Å²) in [6.07, 6.45) is 0. The molecule has 140 valence electrons. The fourth-order valence-corrected chi connectivity index (χ4v) is 2.81. The summed E-state index contributed by atoms with van der Waals surface area (Å²) in [6, 6.07) is 19.8. The summed E-state index contributed by atoms with van der Waals surface area (Å²) in [7, 11) is 0. The first-order valence-electron chi connectivity index (χ1n) is 8.77. The van der Waals surface area contributed by atoms with Gasteiger partial charge in [-0.15, -0.1) is 0 Å². The number of hydrogen-bond donors (Lipinski definition) is 1. The molecule has 0 fully saturated rings. The molecule has 0 unspecified atom stereocenters. The summed E-state index contributed by atoms with van der Waals surface area (Å²) < 4.78 is 24.6. The zero-order valence-corrected chi connectivity index (χ0v) is 15.8. The molecule has 3 rings (SSSR count). The average molecular weight is 386 g/mol. The van der Waals surface area contributed by atoms with Crippen molar-refractivity contribution in [2.75, 3.05) is 11.9 Å². The van der Waals surface area contributed by atoms with Crippen LogP contribution >= 0.6 is 11.6 Å². The van der Waals surface area contributed by atoms with Gasteiger partial charge in [-0.3, -0.25) is 0 Å². The minimum atomic E-state index is -0.271. The zero-order chi connectivity index (χ0) is 19.1. The van der Waals surface area contributed by atoms with Gasteiger partial charge in [-0.1, -0.05) is 41.9 Å². The van der Waals surface area contributed by atoms with Crippen LogP contribution in [0.15, 0.2) is 66.7 Å². The van der Waals surface area contributed by atoms with Gasteiger partial charge >= 0.3 is 0 Å². The van der Waals surface area contributed by atoms with E-state index < -0.39 is 0 Å². The Kier molecular flexibility index (Phi) is 6.55. The van der Waals surface area contributed by atoms with Crippen LogP contribution in [0.3, 0.4) is 0 Å². The maximum atomic E-state index is 13.0. The third kappa shape index (κ3) is 5.38. The quantitative estimate of drug-likeness (QED) is 0.510. The van der Waals surface area contributed by atoms with E-state index in [9.17, 15) is 4.39 Å². The number of benzene rings is 3. The smallest absolute Gasteiger partial charge is 0.163 e. The van der Waals surface area contributed by atoms with Crippen molar-refractivity contribution in [3.8, 4) is 11.5 Å². The molecule has 0 saturated carbocycles. The molecule has 0 heterocycles. The molecular formula is C22H21ClFNO2. The number of ether oxygens (including phenoxy) is 2. The Morgan fingerprint density at radius 2 is 1.63 bits per heavy atom. The third-order valence-corrected chi connectivity index (χ3v) is 4.33. The van der Waals surface area contributed by atoms with Gasteiger partial charge in [0.25, 0.3) is 0 Å². The molecule has 0 aliphatic heterocycles. The van der Waals surface area contributed by atoms with Gasteiger partial charge in [-0.2, -0.15) is 0 Å². The Labute approximate surface area is 163 Å². The van der Waals surface area contributed by atoms with Crippen LogP contribution in [0.25, 0.3) is 0 Å². The molecule has 3 aromatic carbocycles. The lowest BCUT2D eigenvalue weighted by atomic mass is 10.2. The van der Waals surface area contributed by atoms with Crippen molar-refractivity contribution in [1.29, 1.82) is 0 Å². The molecule has 0 aliphatic carbocycles. The standard InChI is InChI=1S/C22H21ClFNO2/c1-2-26-21-12-17(14-25-19-6-4-3-5-7-19)20(23)13-22(21)27-15-16-8-10-18(24)11-9-16/h3-13,25H,2,14-15H2,1H3. The van der Waals surface area contributed by atoms with E-state index in [0.717, 1.165) is 16.8 Å². The minimum Gasteiger partial charge on any atom is -0.490 e. The van der Waals surface area contributed by atoms with Gasteiger partial charge in [0.15, 0.2) is 11.5 Å². The molecule has 3 nitrogen and oxygen atoms in total. The summed E-state index contributed by atoms with van der Waals surface area (Å²) in [5, 5.41) is 3.93. The summed E-state index contributed by atoms with van der Waals surface area (Å²) in [5.74, 6) is 0.926. The van der Waals surface area contributed by atoms with Gasteiger partial charge < -0.3 is 14.8 Å². The van der Waals surface area contributed by atoms with E-state index in [0.29, 0.717) is 36.3 Å². The number of nitrogens with one attached hydrogen (secondary N) is 1.